The molecule has 9 heteroatoms. The molecular weight excluding hydrogens is 422 g/mol. The maximum atomic E-state index is 11.7. The normalized spacial score (nSPS) is 10.8. The van der Waals surface area contributed by atoms with E-state index in [2.05, 4.69) is 15.0 Å². The molecule has 162 valence electrons. The number of amides is 1. The molecule has 3 aromatic heterocycles. The zero-order chi connectivity index (χ0) is 22.8. The van der Waals surface area contributed by atoms with E-state index in [-0.39, 0.29) is 0 Å². The lowest BCUT2D eigenvalue weighted by molar-refractivity contribution is -0.605. The molecule has 0 aliphatic heterocycles. The summed E-state index contributed by atoms with van der Waals surface area (Å²) < 4.78 is 12.6. The molecule has 0 aliphatic carbocycles. The molecule has 0 bridgehead atoms. The molecule has 5 aromatic rings. The summed E-state index contributed by atoms with van der Waals surface area (Å²) in [5, 5.41) is 11.7. The summed E-state index contributed by atoms with van der Waals surface area (Å²) in [5.41, 5.74) is 7.70. The average molecular weight is 439 g/mol. The van der Waals surface area contributed by atoms with Crippen LogP contribution in [0.3, 0.4) is 0 Å². The van der Waals surface area contributed by atoms with Crippen LogP contribution in [0.2, 0.25) is 0 Å². The Morgan fingerprint density at radius 1 is 0.970 bits per heavy atom. The lowest BCUT2D eigenvalue weighted by Crippen LogP contribution is -2.23. The molecule has 9 nitrogen and oxygen atoms in total. The van der Waals surface area contributed by atoms with Gasteiger partial charge in [-0.1, -0.05) is 6.07 Å². The van der Waals surface area contributed by atoms with Crippen LogP contribution in [-0.2, 0) is 0 Å². The highest BCUT2D eigenvalue weighted by molar-refractivity contribution is 5.92. The van der Waals surface area contributed by atoms with Gasteiger partial charge in [0.15, 0.2) is 29.3 Å². The zero-order valence-corrected chi connectivity index (χ0v) is 17.1. The highest BCUT2D eigenvalue weighted by Crippen LogP contribution is 2.38. The van der Waals surface area contributed by atoms with E-state index >= 15 is 0 Å². The van der Waals surface area contributed by atoms with Crippen LogP contribution < -0.4 is 19.9 Å². The maximum Gasteiger partial charge on any atom is 0.248 e. The van der Waals surface area contributed by atoms with E-state index in [1.54, 1.807) is 54.7 Å². The summed E-state index contributed by atoms with van der Waals surface area (Å²) in [6.07, 6.45) is 4.36. The molecule has 0 saturated heterocycles. The molecule has 3 heterocycles. The number of fused-ring (bicyclic) bond motifs is 1. The third kappa shape index (κ3) is 4.28. The number of nitrogens with one attached hydrogen (secondary N) is 1. The molecule has 0 atom stereocenters. The van der Waals surface area contributed by atoms with E-state index in [1.165, 1.54) is 12.4 Å². The van der Waals surface area contributed by atoms with Gasteiger partial charge in [0.25, 0.3) is 0 Å². The number of nitrogens with zero attached hydrogens (tertiary/aromatic N) is 3. The summed E-state index contributed by atoms with van der Waals surface area (Å²) in [6.45, 7) is 0. The Morgan fingerprint density at radius 2 is 1.76 bits per heavy atom. The first-order valence-corrected chi connectivity index (χ1v) is 9.95. The fourth-order valence-corrected chi connectivity index (χ4v) is 3.24. The predicted octanol–water partition coefficient (Wildman–Crippen LogP) is 3.94. The van der Waals surface area contributed by atoms with E-state index in [9.17, 15) is 10.0 Å². The predicted molar refractivity (Wildman–Crippen MR) is 120 cm³/mol. The van der Waals surface area contributed by atoms with Crippen LogP contribution in [0.5, 0.6) is 23.0 Å². The Morgan fingerprint density at radius 3 is 2.48 bits per heavy atom. The highest BCUT2D eigenvalue weighted by atomic mass is 16.5. The van der Waals surface area contributed by atoms with Crippen LogP contribution in [0, 0.1) is 5.21 Å². The smallest absolute Gasteiger partial charge is 0.248 e. The third-order valence-corrected chi connectivity index (χ3v) is 4.80. The molecule has 3 N–H and O–H groups in total. The summed E-state index contributed by atoms with van der Waals surface area (Å²) in [6, 6.07) is 18.7. The number of pyridine rings is 2. The number of primary amides is 1. The Hall–Kier alpha value is -4.92. The van der Waals surface area contributed by atoms with Gasteiger partial charge in [-0.25, -0.2) is 4.98 Å². The van der Waals surface area contributed by atoms with Gasteiger partial charge in [0.2, 0.25) is 12.1 Å². The van der Waals surface area contributed by atoms with Crippen molar-refractivity contribution in [2.24, 2.45) is 5.73 Å². The van der Waals surface area contributed by atoms with Crippen molar-refractivity contribution >= 4 is 16.9 Å². The van der Waals surface area contributed by atoms with Crippen molar-refractivity contribution in [3.8, 4) is 34.5 Å². The van der Waals surface area contributed by atoms with E-state index < -0.39 is 5.91 Å². The number of carbonyl (C=O) groups is 1. The van der Waals surface area contributed by atoms with Gasteiger partial charge < -0.3 is 25.4 Å². The van der Waals surface area contributed by atoms with Gasteiger partial charge in [0.05, 0.1) is 11.0 Å². The Bertz CT molecular complexity index is 1450. The molecule has 33 heavy (non-hydrogen) atoms. The van der Waals surface area contributed by atoms with Crippen LogP contribution in [0.15, 0.2) is 85.3 Å². The standard InChI is InChI=1S/C24H17N5O4/c25-23(30)15-6-8-16(9-7-15)32-21-12-19-20(28-24(27-19)18-5-1-2-10-26-18)13-22(21)33-17-4-3-11-29(31)14-17/h1-14H,(H2,25,30)(H,27,28). The first-order chi connectivity index (χ1) is 16.0. The van der Waals surface area contributed by atoms with Crippen LogP contribution in [0.1, 0.15) is 10.4 Å². The number of rotatable bonds is 6. The minimum absolute atomic E-state index is 0.338. The Labute approximate surface area is 187 Å². The fourth-order valence-electron chi connectivity index (χ4n) is 3.24. The molecule has 0 saturated carbocycles. The van der Waals surface area contributed by atoms with Crippen molar-refractivity contribution in [1.29, 1.82) is 0 Å². The highest BCUT2D eigenvalue weighted by Gasteiger charge is 2.15. The number of hydrogen-bond acceptors (Lipinski definition) is 6. The number of aromatic nitrogens is 4. The topological polar surface area (TPSA) is 130 Å². The lowest BCUT2D eigenvalue weighted by atomic mass is 10.2. The number of imidazole rings is 1. The van der Waals surface area contributed by atoms with Crippen molar-refractivity contribution in [3.05, 3.63) is 96.1 Å². The quantitative estimate of drug-likeness (QED) is 0.304. The number of ether oxygens (including phenoxy) is 2. The van der Waals surface area contributed by atoms with Crippen molar-refractivity contribution in [2.75, 3.05) is 0 Å². The monoisotopic (exact) mass is 439 g/mol. The summed E-state index contributed by atoms with van der Waals surface area (Å²) in [5.74, 6) is 1.61. The number of aromatic amines is 1. The number of benzene rings is 2. The molecule has 0 fully saturated rings. The molecule has 0 spiro atoms. The number of carbonyl (C=O) groups excluding carboxylic acids is 1. The van der Waals surface area contributed by atoms with Crippen LogP contribution in [0.4, 0.5) is 0 Å². The second-order valence-corrected chi connectivity index (χ2v) is 7.11. The summed E-state index contributed by atoms with van der Waals surface area (Å²) >= 11 is 0. The van der Waals surface area contributed by atoms with E-state index in [0.29, 0.717) is 55.8 Å². The van der Waals surface area contributed by atoms with Crippen molar-refractivity contribution in [1.82, 2.24) is 15.0 Å². The van der Waals surface area contributed by atoms with Gasteiger partial charge in [-0.3, -0.25) is 9.78 Å². The minimum atomic E-state index is -0.527. The van der Waals surface area contributed by atoms with Crippen molar-refractivity contribution in [3.63, 3.8) is 0 Å². The molecule has 5 rings (SSSR count). The van der Waals surface area contributed by atoms with Gasteiger partial charge in [-0.05, 0) is 42.5 Å². The molecule has 0 aliphatic rings. The SMILES string of the molecule is NC(=O)c1ccc(Oc2cc3nc(-c4ccccn4)[nH]c3cc2Oc2ccc[n+]([O-])c2)cc1. The minimum Gasteiger partial charge on any atom is -0.619 e. The van der Waals surface area contributed by atoms with Gasteiger partial charge in [-0.2, -0.15) is 4.73 Å². The molecule has 1 amide bonds. The van der Waals surface area contributed by atoms with Crippen LogP contribution >= 0.6 is 0 Å². The zero-order valence-electron chi connectivity index (χ0n) is 17.1. The molecule has 0 unspecified atom stereocenters. The lowest BCUT2D eigenvalue weighted by Gasteiger charge is -2.12. The van der Waals surface area contributed by atoms with Gasteiger partial charge in [-0.15, -0.1) is 0 Å². The second kappa shape index (κ2) is 8.31. The number of hydrogen-bond donors (Lipinski definition) is 2. The second-order valence-electron chi connectivity index (χ2n) is 7.11. The fraction of sp³-hybridized carbons (Fsp3) is 0. The van der Waals surface area contributed by atoms with Gasteiger partial charge in [0, 0.05) is 30.0 Å². The van der Waals surface area contributed by atoms with Crippen LogP contribution in [-0.4, -0.2) is 20.9 Å². The van der Waals surface area contributed by atoms with E-state index in [1.807, 2.05) is 18.2 Å². The molecule has 0 radical (unpaired) electrons. The maximum absolute atomic E-state index is 11.7. The Kier molecular flexibility index (Phi) is 5.04. The van der Waals surface area contributed by atoms with Gasteiger partial charge >= 0.3 is 0 Å². The van der Waals surface area contributed by atoms with Gasteiger partial charge in [0.1, 0.15) is 11.4 Å². The van der Waals surface area contributed by atoms with Crippen molar-refractivity contribution < 1.29 is 19.0 Å². The molecular formula is C24H17N5O4. The summed E-state index contributed by atoms with van der Waals surface area (Å²) in [4.78, 5) is 23.5. The largest absolute Gasteiger partial charge is 0.619 e. The number of nitrogens with two attached hydrogens (primary N) is 1. The van der Waals surface area contributed by atoms with Crippen molar-refractivity contribution in [2.45, 2.75) is 0 Å². The van der Waals surface area contributed by atoms with E-state index in [4.69, 9.17) is 15.2 Å². The molecule has 2 aromatic carbocycles. The Balaban J connectivity index is 1.56. The van der Waals surface area contributed by atoms with E-state index in [0.717, 1.165) is 0 Å². The average Bonchev–Trinajstić information content (AvgIpc) is 3.23. The third-order valence-electron chi connectivity index (χ3n) is 4.80. The van der Waals surface area contributed by atoms with Crippen LogP contribution in [0.25, 0.3) is 22.6 Å². The first-order valence-electron chi connectivity index (χ1n) is 9.95. The number of H-pyrrole nitrogens is 1. The summed E-state index contributed by atoms with van der Waals surface area (Å²) in [7, 11) is 0. The first kappa shape index (κ1) is 20.0.